The average molecular weight is 323 g/mol. The molecule has 5 N–H and O–H groups in total. The highest BCUT2D eigenvalue weighted by Crippen LogP contribution is 2.28. The minimum Gasteiger partial charge on any atom is -0.462 e. The van der Waals surface area contributed by atoms with Crippen molar-refractivity contribution in [2.75, 3.05) is 12.3 Å². The van der Waals surface area contributed by atoms with E-state index in [0.29, 0.717) is 36.7 Å². The number of ether oxygens (including phenoxy) is 1. The van der Waals surface area contributed by atoms with Crippen LogP contribution < -0.4 is 11.5 Å². The molecule has 1 atom stereocenters. The summed E-state index contributed by atoms with van der Waals surface area (Å²) < 4.78 is 5.20. The fourth-order valence-corrected chi connectivity index (χ4v) is 2.68. The molecule has 0 aliphatic heterocycles. The molecule has 0 spiro atoms. The molecule has 1 heterocycles. The predicted octanol–water partition coefficient (Wildman–Crippen LogP) is 3.02. The van der Waals surface area contributed by atoms with Crippen LogP contribution in [0.1, 0.15) is 79.3 Å². The first-order chi connectivity index (χ1) is 11.0. The minimum atomic E-state index is -0.701. The molecule has 0 aliphatic rings. The monoisotopic (exact) mass is 323 g/mol. The third kappa shape index (κ3) is 5.01. The summed E-state index contributed by atoms with van der Waals surface area (Å²) in [6, 6.07) is 0. The van der Waals surface area contributed by atoms with Gasteiger partial charge in [0, 0.05) is 5.56 Å². The Bertz CT molecular complexity index is 537. The molecule has 130 valence electrons. The molecule has 0 aromatic carbocycles. The number of anilines is 1. The van der Waals surface area contributed by atoms with E-state index in [1.54, 1.807) is 0 Å². The number of primary amides is 1. The van der Waals surface area contributed by atoms with E-state index in [4.69, 9.17) is 16.2 Å². The maximum Gasteiger partial charge on any atom is 0.340 e. The van der Waals surface area contributed by atoms with Gasteiger partial charge in [0.25, 0.3) is 5.91 Å². The Hall–Kier alpha value is -1.98. The number of carbonyl (C=O) groups excluding carboxylic acids is 2. The fourth-order valence-electron chi connectivity index (χ4n) is 2.68. The number of unbranched alkanes of at least 4 members (excludes halogenated alkanes) is 1. The Balaban J connectivity index is 3.13. The zero-order valence-corrected chi connectivity index (χ0v) is 14.4. The summed E-state index contributed by atoms with van der Waals surface area (Å²) in [7, 11) is 0. The van der Waals surface area contributed by atoms with Crippen molar-refractivity contribution >= 4 is 17.7 Å². The van der Waals surface area contributed by atoms with Crippen molar-refractivity contribution in [3.63, 3.8) is 0 Å². The topological polar surface area (TPSA) is 111 Å². The molecule has 1 aromatic heterocycles. The van der Waals surface area contributed by atoms with Crippen LogP contribution in [0.2, 0.25) is 0 Å². The van der Waals surface area contributed by atoms with Crippen molar-refractivity contribution in [3.05, 3.63) is 16.8 Å². The number of hydrogen-bond donors (Lipinski definition) is 3. The van der Waals surface area contributed by atoms with Gasteiger partial charge in [-0.3, -0.25) is 4.79 Å². The number of nitrogens with two attached hydrogens (primary N) is 2. The smallest absolute Gasteiger partial charge is 0.340 e. The molecule has 6 heteroatoms. The summed E-state index contributed by atoms with van der Waals surface area (Å²) in [5.41, 5.74) is 12.3. The highest BCUT2D eigenvalue weighted by atomic mass is 16.5. The first-order valence-corrected chi connectivity index (χ1v) is 8.43. The molecule has 0 saturated carbocycles. The van der Waals surface area contributed by atoms with Gasteiger partial charge in [-0.25, -0.2) is 4.79 Å². The maximum absolute atomic E-state index is 12.3. The normalized spacial score (nSPS) is 12.1. The lowest BCUT2D eigenvalue weighted by Crippen LogP contribution is -2.19. The van der Waals surface area contributed by atoms with E-state index in [2.05, 4.69) is 18.8 Å². The number of aromatic nitrogens is 1. The molecule has 6 nitrogen and oxygen atoms in total. The summed E-state index contributed by atoms with van der Waals surface area (Å²) in [6.45, 7) is 6.48. The number of aromatic amines is 1. The minimum absolute atomic E-state index is 0.0453. The Kier molecular flexibility index (Phi) is 7.65. The Morgan fingerprint density at radius 1 is 1.22 bits per heavy atom. The number of nitrogen functional groups attached to an aromatic ring is 1. The Morgan fingerprint density at radius 3 is 2.43 bits per heavy atom. The maximum atomic E-state index is 12.3. The number of hydrogen-bond acceptors (Lipinski definition) is 4. The third-order valence-electron chi connectivity index (χ3n) is 4.06. The summed E-state index contributed by atoms with van der Waals surface area (Å²) in [4.78, 5) is 26.7. The first-order valence-electron chi connectivity index (χ1n) is 8.43. The van der Waals surface area contributed by atoms with Gasteiger partial charge in [0.2, 0.25) is 0 Å². The van der Waals surface area contributed by atoms with E-state index in [0.717, 1.165) is 25.7 Å². The average Bonchev–Trinajstić information content (AvgIpc) is 2.86. The second-order valence-corrected chi connectivity index (χ2v) is 5.89. The summed E-state index contributed by atoms with van der Waals surface area (Å²) in [6.07, 6.45) is 5.65. The number of rotatable bonds is 10. The molecule has 0 bridgehead atoms. The fraction of sp³-hybridized carbons (Fsp3) is 0.647. The van der Waals surface area contributed by atoms with Crippen LogP contribution in [-0.4, -0.2) is 23.5 Å². The van der Waals surface area contributed by atoms with E-state index >= 15 is 0 Å². The first kappa shape index (κ1) is 19.1. The molecule has 1 unspecified atom stereocenters. The lowest BCUT2D eigenvalue weighted by Gasteiger charge is -2.15. The molecule has 0 aliphatic carbocycles. The number of H-pyrrole nitrogens is 1. The second kappa shape index (κ2) is 9.22. The van der Waals surface area contributed by atoms with Crippen LogP contribution in [-0.2, 0) is 11.2 Å². The van der Waals surface area contributed by atoms with Crippen LogP contribution in [0.4, 0.5) is 5.82 Å². The second-order valence-electron chi connectivity index (χ2n) is 5.89. The summed E-state index contributed by atoms with van der Waals surface area (Å²) >= 11 is 0. The lowest BCUT2D eigenvalue weighted by molar-refractivity contribution is 0.0500. The van der Waals surface area contributed by atoms with Gasteiger partial charge in [-0.05, 0) is 18.8 Å². The van der Waals surface area contributed by atoms with Crippen molar-refractivity contribution in [1.29, 1.82) is 0 Å². The lowest BCUT2D eigenvalue weighted by atomic mass is 9.90. The number of esters is 1. The summed E-state index contributed by atoms with van der Waals surface area (Å²) in [5, 5.41) is 0. The van der Waals surface area contributed by atoms with Crippen LogP contribution in [0.25, 0.3) is 0 Å². The van der Waals surface area contributed by atoms with Crippen LogP contribution in [0.3, 0.4) is 0 Å². The molecule has 1 amide bonds. The van der Waals surface area contributed by atoms with E-state index in [1.165, 1.54) is 0 Å². The Morgan fingerprint density at radius 2 is 1.91 bits per heavy atom. The van der Waals surface area contributed by atoms with Crippen molar-refractivity contribution < 1.29 is 14.3 Å². The van der Waals surface area contributed by atoms with Gasteiger partial charge in [0.05, 0.1) is 12.2 Å². The molecule has 0 radical (unpaired) electrons. The van der Waals surface area contributed by atoms with Crippen LogP contribution in [0, 0.1) is 5.92 Å². The number of amides is 1. The van der Waals surface area contributed by atoms with Crippen molar-refractivity contribution in [1.82, 2.24) is 4.98 Å². The van der Waals surface area contributed by atoms with Crippen molar-refractivity contribution in [3.8, 4) is 0 Å². The molecule has 0 fully saturated rings. The highest BCUT2D eigenvalue weighted by Gasteiger charge is 2.27. The number of carbonyl (C=O) groups is 2. The highest BCUT2D eigenvalue weighted by molar-refractivity contribution is 6.06. The van der Waals surface area contributed by atoms with Gasteiger partial charge in [-0.1, -0.05) is 46.5 Å². The van der Waals surface area contributed by atoms with Gasteiger partial charge in [-0.15, -0.1) is 0 Å². The van der Waals surface area contributed by atoms with E-state index in [-0.39, 0.29) is 11.3 Å². The van der Waals surface area contributed by atoms with E-state index in [1.807, 2.05) is 6.92 Å². The van der Waals surface area contributed by atoms with Gasteiger partial charge >= 0.3 is 5.97 Å². The van der Waals surface area contributed by atoms with Crippen molar-refractivity contribution in [2.45, 2.75) is 59.3 Å². The molecule has 0 saturated heterocycles. The summed E-state index contributed by atoms with van der Waals surface area (Å²) in [5.74, 6) is -0.495. The molecule has 1 aromatic rings. The molecule has 23 heavy (non-hydrogen) atoms. The van der Waals surface area contributed by atoms with Crippen LogP contribution in [0.15, 0.2) is 0 Å². The largest absolute Gasteiger partial charge is 0.462 e. The zero-order valence-electron chi connectivity index (χ0n) is 14.4. The number of nitrogens with one attached hydrogen (secondary N) is 1. The van der Waals surface area contributed by atoms with Crippen LogP contribution in [0.5, 0.6) is 0 Å². The van der Waals surface area contributed by atoms with Gasteiger partial charge < -0.3 is 21.2 Å². The third-order valence-corrected chi connectivity index (χ3v) is 4.06. The van der Waals surface area contributed by atoms with E-state index in [9.17, 15) is 9.59 Å². The van der Waals surface area contributed by atoms with Gasteiger partial charge in [-0.2, -0.15) is 0 Å². The Labute approximate surface area is 138 Å². The molecular weight excluding hydrogens is 294 g/mol. The SMILES string of the molecule is CCCCC(CC)Cc1c(N)[nH]c(C(N)=O)c1C(=O)OCCC. The van der Waals surface area contributed by atoms with Gasteiger partial charge in [0.15, 0.2) is 0 Å². The van der Waals surface area contributed by atoms with Gasteiger partial charge in [0.1, 0.15) is 11.5 Å². The molecule has 1 rings (SSSR count). The predicted molar refractivity (Wildman–Crippen MR) is 91.3 cm³/mol. The standard InChI is InChI=1S/C17H29N3O3/c1-4-7-8-11(6-3)10-12-13(17(22)23-9-5-2)14(16(19)21)20-15(12)18/h11,20H,4-10,18H2,1-3H3,(H2,19,21). The zero-order chi connectivity index (χ0) is 17.4. The van der Waals surface area contributed by atoms with Crippen LogP contribution >= 0.6 is 0 Å². The molecular formula is C17H29N3O3. The van der Waals surface area contributed by atoms with E-state index < -0.39 is 11.9 Å². The quantitative estimate of drug-likeness (QED) is 0.574. The van der Waals surface area contributed by atoms with Crippen molar-refractivity contribution in [2.24, 2.45) is 11.7 Å².